The van der Waals surface area contributed by atoms with Crippen molar-refractivity contribution in [2.75, 3.05) is 4.90 Å². The molecule has 0 bridgehead atoms. The molecule has 23 heavy (non-hydrogen) atoms. The largest absolute Gasteiger partial charge is 0.321 e. The summed E-state index contributed by atoms with van der Waals surface area (Å²) in [6.45, 7) is 1.82. The minimum atomic E-state index is -0.577. The number of rotatable bonds is 1. The van der Waals surface area contributed by atoms with Crippen molar-refractivity contribution in [2.45, 2.75) is 6.92 Å². The summed E-state index contributed by atoms with van der Waals surface area (Å²) in [7, 11) is 0. The molecule has 4 rings (SSSR count). The maximum absolute atomic E-state index is 12.9. The molecule has 1 aromatic heterocycles. The molecular weight excluding hydrogens is 292 g/mol. The number of anilines is 1. The standard InChI is InChI=1S/C18H12N2O3/c1-10-6-2-5-9-13(10)20-17(22)14-11-7-3-4-8-12(11)19-16(21)15(14)18(20)23/h2-9H,1H3,(H,19,21). The van der Waals surface area contributed by atoms with Gasteiger partial charge in [0.2, 0.25) is 0 Å². The Labute approximate surface area is 131 Å². The molecule has 2 amide bonds. The van der Waals surface area contributed by atoms with Crippen molar-refractivity contribution < 1.29 is 9.59 Å². The number of pyridine rings is 1. The fourth-order valence-corrected chi connectivity index (χ4v) is 3.02. The molecular formula is C18H12N2O3. The zero-order chi connectivity index (χ0) is 16.1. The zero-order valence-corrected chi connectivity index (χ0v) is 12.3. The highest BCUT2D eigenvalue weighted by Gasteiger charge is 2.40. The van der Waals surface area contributed by atoms with Crippen LogP contribution in [-0.2, 0) is 0 Å². The van der Waals surface area contributed by atoms with Gasteiger partial charge in [-0.2, -0.15) is 0 Å². The molecule has 0 saturated heterocycles. The third-order valence-electron chi connectivity index (χ3n) is 4.11. The molecule has 0 spiro atoms. The van der Waals surface area contributed by atoms with Crippen molar-refractivity contribution in [3.05, 3.63) is 75.6 Å². The van der Waals surface area contributed by atoms with Crippen LogP contribution >= 0.6 is 0 Å². The first kappa shape index (κ1) is 13.5. The third kappa shape index (κ3) is 1.76. The van der Waals surface area contributed by atoms with Gasteiger partial charge in [0.15, 0.2) is 0 Å². The van der Waals surface area contributed by atoms with E-state index in [4.69, 9.17) is 0 Å². The van der Waals surface area contributed by atoms with Crippen molar-refractivity contribution in [2.24, 2.45) is 0 Å². The van der Waals surface area contributed by atoms with Gasteiger partial charge < -0.3 is 4.98 Å². The number of aromatic amines is 1. The van der Waals surface area contributed by atoms with Gasteiger partial charge in [-0.05, 0) is 24.6 Å². The number of aryl methyl sites for hydroxylation is 1. The molecule has 1 N–H and O–H groups in total. The van der Waals surface area contributed by atoms with E-state index < -0.39 is 17.4 Å². The average molecular weight is 304 g/mol. The number of fused-ring (bicyclic) bond motifs is 3. The van der Waals surface area contributed by atoms with Gasteiger partial charge in [-0.3, -0.25) is 14.4 Å². The number of carbonyl (C=O) groups excluding carboxylic acids is 2. The maximum atomic E-state index is 12.9. The van der Waals surface area contributed by atoms with Crippen LogP contribution in [0.5, 0.6) is 0 Å². The number of benzene rings is 2. The van der Waals surface area contributed by atoms with Gasteiger partial charge in [0.1, 0.15) is 5.56 Å². The Morgan fingerprint density at radius 1 is 0.826 bits per heavy atom. The maximum Gasteiger partial charge on any atom is 0.271 e. The Morgan fingerprint density at radius 3 is 2.26 bits per heavy atom. The second-order valence-corrected chi connectivity index (χ2v) is 5.48. The quantitative estimate of drug-likeness (QED) is 0.703. The van der Waals surface area contributed by atoms with E-state index in [0.717, 1.165) is 10.5 Å². The molecule has 0 aliphatic carbocycles. The smallest absolute Gasteiger partial charge is 0.271 e. The van der Waals surface area contributed by atoms with E-state index in [1.807, 2.05) is 19.1 Å². The lowest BCUT2D eigenvalue weighted by Crippen LogP contribution is -2.31. The highest BCUT2D eigenvalue weighted by molar-refractivity contribution is 6.37. The van der Waals surface area contributed by atoms with E-state index in [-0.39, 0.29) is 11.1 Å². The fraction of sp³-hybridized carbons (Fsp3) is 0.0556. The van der Waals surface area contributed by atoms with Crippen LogP contribution in [0.25, 0.3) is 10.9 Å². The van der Waals surface area contributed by atoms with Crippen LogP contribution in [0.3, 0.4) is 0 Å². The Bertz CT molecular complexity index is 1050. The highest BCUT2D eigenvalue weighted by Crippen LogP contribution is 2.32. The van der Waals surface area contributed by atoms with Crippen LogP contribution in [0, 0.1) is 6.92 Å². The van der Waals surface area contributed by atoms with Gasteiger partial charge in [-0.1, -0.05) is 36.4 Å². The number of nitrogens with zero attached hydrogens (tertiary/aromatic N) is 1. The Kier molecular flexibility index (Phi) is 2.72. The van der Waals surface area contributed by atoms with Crippen LogP contribution < -0.4 is 10.5 Å². The molecule has 3 aromatic rings. The molecule has 0 radical (unpaired) electrons. The van der Waals surface area contributed by atoms with Crippen LogP contribution in [0.1, 0.15) is 26.3 Å². The highest BCUT2D eigenvalue weighted by atomic mass is 16.2. The molecule has 1 aliphatic heterocycles. The fourth-order valence-electron chi connectivity index (χ4n) is 3.02. The molecule has 112 valence electrons. The van der Waals surface area contributed by atoms with Crippen molar-refractivity contribution in [1.29, 1.82) is 0 Å². The summed E-state index contributed by atoms with van der Waals surface area (Å²) < 4.78 is 0. The summed E-state index contributed by atoms with van der Waals surface area (Å²) in [6.07, 6.45) is 0. The SMILES string of the molecule is Cc1ccccc1N1C(=O)c2c(c3ccccc3[nH]c2=O)C1=O. The number of amides is 2. The number of imide groups is 1. The molecule has 0 atom stereocenters. The summed E-state index contributed by atoms with van der Waals surface area (Å²) in [5, 5.41) is 0.580. The summed E-state index contributed by atoms with van der Waals surface area (Å²) in [6, 6.07) is 14.1. The summed E-state index contributed by atoms with van der Waals surface area (Å²) in [4.78, 5) is 41.6. The molecule has 0 saturated carbocycles. The molecule has 0 fully saturated rings. The second kappa shape index (κ2) is 4.64. The Balaban J connectivity index is 2.04. The number of nitrogens with one attached hydrogen (secondary N) is 1. The molecule has 0 unspecified atom stereocenters. The summed E-state index contributed by atoms with van der Waals surface area (Å²) >= 11 is 0. The molecule has 5 heteroatoms. The van der Waals surface area contributed by atoms with Gasteiger partial charge in [0.05, 0.1) is 11.3 Å². The first-order valence-corrected chi connectivity index (χ1v) is 7.19. The third-order valence-corrected chi connectivity index (χ3v) is 4.11. The average Bonchev–Trinajstić information content (AvgIpc) is 2.81. The number of hydrogen-bond donors (Lipinski definition) is 1. The van der Waals surface area contributed by atoms with Gasteiger partial charge >= 0.3 is 0 Å². The molecule has 2 aromatic carbocycles. The van der Waals surface area contributed by atoms with E-state index in [2.05, 4.69) is 4.98 Å². The van der Waals surface area contributed by atoms with Crippen molar-refractivity contribution in [3.63, 3.8) is 0 Å². The lowest BCUT2D eigenvalue weighted by molar-refractivity contribution is 0.0926. The monoisotopic (exact) mass is 304 g/mol. The van der Waals surface area contributed by atoms with E-state index in [9.17, 15) is 14.4 Å². The number of aromatic nitrogens is 1. The van der Waals surface area contributed by atoms with Crippen molar-refractivity contribution in [3.8, 4) is 0 Å². The van der Waals surface area contributed by atoms with Gasteiger partial charge in [0, 0.05) is 10.9 Å². The number of H-pyrrole nitrogens is 1. The summed E-state index contributed by atoms with van der Waals surface area (Å²) in [5.41, 5.74) is 1.40. The number of hydrogen-bond acceptors (Lipinski definition) is 3. The lowest BCUT2D eigenvalue weighted by atomic mass is 10.1. The van der Waals surface area contributed by atoms with Crippen LogP contribution in [0.2, 0.25) is 0 Å². The zero-order valence-electron chi connectivity index (χ0n) is 12.3. The number of carbonyl (C=O) groups is 2. The van der Waals surface area contributed by atoms with Gasteiger partial charge in [-0.25, -0.2) is 4.90 Å². The molecule has 5 nitrogen and oxygen atoms in total. The first-order valence-electron chi connectivity index (χ1n) is 7.19. The van der Waals surface area contributed by atoms with E-state index in [1.165, 1.54) is 0 Å². The first-order chi connectivity index (χ1) is 11.1. The predicted octanol–water partition coefficient (Wildman–Crippen LogP) is 2.64. The Hall–Kier alpha value is -3.21. The minimum Gasteiger partial charge on any atom is -0.321 e. The van der Waals surface area contributed by atoms with E-state index in [1.54, 1.807) is 36.4 Å². The normalized spacial score (nSPS) is 13.7. The molecule has 1 aliphatic rings. The van der Waals surface area contributed by atoms with Crippen LogP contribution in [0.15, 0.2) is 53.3 Å². The van der Waals surface area contributed by atoms with Gasteiger partial charge in [-0.15, -0.1) is 0 Å². The Morgan fingerprint density at radius 2 is 1.48 bits per heavy atom. The van der Waals surface area contributed by atoms with E-state index >= 15 is 0 Å². The van der Waals surface area contributed by atoms with Crippen molar-refractivity contribution >= 4 is 28.4 Å². The lowest BCUT2D eigenvalue weighted by Gasteiger charge is -2.16. The van der Waals surface area contributed by atoms with Crippen molar-refractivity contribution in [1.82, 2.24) is 4.98 Å². The predicted molar refractivity (Wildman–Crippen MR) is 86.9 cm³/mol. The minimum absolute atomic E-state index is 0.0862. The summed E-state index contributed by atoms with van der Waals surface area (Å²) in [5.74, 6) is -1.03. The van der Waals surface area contributed by atoms with Crippen LogP contribution in [-0.4, -0.2) is 16.8 Å². The molecule has 2 heterocycles. The van der Waals surface area contributed by atoms with Crippen LogP contribution in [0.4, 0.5) is 5.69 Å². The van der Waals surface area contributed by atoms with Gasteiger partial charge in [0.25, 0.3) is 17.4 Å². The van der Waals surface area contributed by atoms with E-state index in [0.29, 0.717) is 16.6 Å². The number of para-hydroxylation sites is 2. The topological polar surface area (TPSA) is 70.2 Å². The second-order valence-electron chi connectivity index (χ2n) is 5.48.